The molecule has 0 N–H and O–H groups in total. The maximum atomic E-state index is 6.97. The molecule has 3 aromatic carbocycles. The van der Waals surface area contributed by atoms with E-state index in [-0.39, 0.29) is 0 Å². The first-order valence-corrected chi connectivity index (χ1v) is 18.0. The first-order chi connectivity index (χ1) is 27.7. The van der Waals surface area contributed by atoms with Gasteiger partial charge >= 0.3 is 0 Å². The highest BCUT2D eigenvalue weighted by Gasteiger charge is 2.51. The van der Waals surface area contributed by atoms with E-state index in [1.807, 2.05) is 82.7 Å². The molecule has 16 heteroatoms. The van der Waals surface area contributed by atoms with Crippen molar-refractivity contribution in [2.75, 3.05) is 0 Å². The van der Waals surface area contributed by atoms with Crippen molar-refractivity contribution in [1.82, 2.24) is 49.1 Å². The number of rotatable bonds is 4. The minimum absolute atomic E-state index is 0.390. The van der Waals surface area contributed by atoms with Crippen LogP contribution in [0.2, 0.25) is 0 Å². The second-order valence-electron chi connectivity index (χ2n) is 13.8. The summed E-state index contributed by atoms with van der Waals surface area (Å²) in [4.78, 5) is 9.80. The summed E-state index contributed by atoms with van der Waals surface area (Å²) in [6.07, 6.45) is 18.1. The zero-order valence-electron chi connectivity index (χ0n) is 29.0. The van der Waals surface area contributed by atoms with Gasteiger partial charge in [0, 0.05) is 60.5 Å². The van der Waals surface area contributed by atoms with E-state index in [0.29, 0.717) is 46.3 Å². The van der Waals surface area contributed by atoms with Gasteiger partial charge in [-0.25, -0.2) is 28.7 Å². The lowest BCUT2D eigenvalue weighted by Crippen LogP contribution is -2.62. The van der Waals surface area contributed by atoms with Crippen LogP contribution in [0, 0.1) is 0 Å². The molecule has 0 saturated carbocycles. The molecule has 0 aliphatic carbocycles. The molecule has 0 bridgehead atoms. The van der Waals surface area contributed by atoms with Crippen LogP contribution in [-0.2, 0) is 0 Å². The molecule has 14 nitrogen and oxygen atoms in total. The van der Waals surface area contributed by atoms with Gasteiger partial charge < -0.3 is 18.9 Å². The molecule has 0 saturated heterocycles. The Hall–Kier alpha value is -7.87. The number of aromatic nitrogens is 10. The van der Waals surface area contributed by atoms with Crippen molar-refractivity contribution in [3.05, 3.63) is 135 Å². The molecule has 9 aromatic rings. The summed E-state index contributed by atoms with van der Waals surface area (Å²) >= 11 is 0. The standard InChI is InChI=1S/C40H22B2N10O4/c1-9-45-49(13-1)23-5-7-31-27(17-23)41-29-19-25(51-15-3-11-47-51)21-43-39(29)55-37-33(41)35(53-31)38-34-36(37)54-32-8-6-24(50-14-2-10-46-50)18-28(32)42(34)30-20-26(22-44-40(30)56-38)52-16-4-12-48-52/h1-22H. The average Bonchev–Trinajstić information content (AvgIpc) is 4.10. The van der Waals surface area contributed by atoms with Gasteiger partial charge in [-0.15, -0.1) is 0 Å². The molecular weight excluding hydrogens is 706 g/mol. The molecule has 0 spiro atoms. The number of benzene rings is 3. The van der Waals surface area contributed by atoms with Gasteiger partial charge in [-0.1, -0.05) is 0 Å². The van der Waals surface area contributed by atoms with E-state index in [9.17, 15) is 0 Å². The Morgan fingerprint density at radius 2 is 0.786 bits per heavy atom. The van der Waals surface area contributed by atoms with Crippen LogP contribution in [0.25, 0.3) is 22.7 Å². The van der Waals surface area contributed by atoms with E-state index in [1.54, 1.807) is 46.5 Å². The van der Waals surface area contributed by atoms with Gasteiger partial charge in [0.15, 0.2) is 23.0 Å². The SMILES string of the molecule is c1cnn(-c2ccc3c(c2)B2c4cc(-n5cccn5)cnc4Oc4c5c6c(c(c42)O3)Oc2ncc(-n3cccn3)cc2B6c2cc(-n3cccn3)ccc2O5)c1. The molecule has 0 radical (unpaired) electrons. The summed E-state index contributed by atoms with van der Waals surface area (Å²) < 4.78 is 34.9. The fourth-order valence-corrected chi connectivity index (χ4v) is 8.43. The summed E-state index contributed by atoms with van der Waals surface area (Å²) in [5, 5.41) is 18.0. The number of pyridine rings is 2. The molecule has 0 fully saturated rings. The molecule has 0 unspecified atom stereocenters. The third-order valence-electron chi connectivity index (χ3n) is 10.8. The Morgan fingerprint density at radius 1 is 0.411 bits per heavy atom. The molecule has 10 heterocycles. The maximum absolute atomic E-state index is 6.97. The summed E-state index contributed by atoms with van der Waals surface area (Å²) in [5.41, 5.74) is 8.39. The van der Waals surface area contributed by atoms with Crippen LogP contribution in [0.5, 0.6) is 46.3 Å². The largest absolute Gasteiger partial charge is 0.454 e. The first-order valence-electron chi connectivity index (χ1n) is 18.0. The fraction of sp³-hybridized carbons (Fsp3) is 0. The highest BCUT2D eigenvalue weighted by atomic mass is 16.5. The van der Waals surface area contributed by atoms with Crippen molar-refractivity contribution in [1.29, 1.82) is 0 Å². The topological polar surface area (TPSA) is 134 Å². The Balaban J connectivity index is 1.09. The van der Waals surface area contributed by atoms with Crippen molar-refractivity contribution in [2.24, 2.45) is 0 Å². The van der Waals surface area contributed by atoms with E-state index < -0.39 is 13.4 Å². The van der Waals surface area contributed by atoms with Gasteiger partial charge in [0.25, 0.3) is 13.4 Å². The van der Waals surface area contributed by atoms with Gasteiger partial charge in [-0.3, -0.25) is 0 Å². The normalized spacial score (nSPS) is 13.5. The quantitative estimate of drug-likeness (QED) is 0.249. The smallest absolute Gasteiger partial charge is 0.263 e. The number of ether oxygens (including phenoxy) is 4. The van der Waals surface area contributed by atoms with Crippen LogP contribution in [0.3, 0.4) is 0 Å². The molecule has 262 valence electrons. The van der Waals surface area contributed by atoms with Crippen LogP contribution in [0.1, 0.15) is 0 Å². The Bertz CT molecular complexity index is 2650. The lowest BCUT2D eigenvalue weighted by Gasteiger charge is -2.39. The van der Waals surface area contributed by atoms with Crippen molar-refractivity contribution in [3.8, 4) is 69.0 Å². The first kappa shape index (κ1) is 29.6. The van der Waals surface area contributed by atoms with Crippen LogP contribution >= 0.6 is 0 Å². The van der Waals surface area contributed by atoms with Crippen LogP contribution in [0.15, 0.2) is 135 Å². The number of nitrogens with zero attached hydrogens (tertiary/aromatic N) is 10. The number of hydrogen-bond donors (Lipinski definition) is 0. The monoisotopic (exact) mass is 728 g/mol. The second-order valence-corrected chi connectivity index (χ2v) is 13.8. The van der Waals surface area contributed by atoms with Gasteiger partial charge in [0.2, 0.25) is 11.8 Å². The van der Waals surface area contributed by atoms with Crippen molar-refractivity contribution in [2.45, 2.75) is 0 Å². The van der Waals surface area contributed by atoms with Crippen molar-refractivity contribution in [3.63, 3.8) is 0 Å². The van der Waals surface area contributed by atoms with E-state index in [0.717, 1.165) is 55.5 Å². The van der Waals surface area contributed by atoms with Gasteiger partial charge in [-0.2, -0.15) is 20.4 Å². The molecule has 56 heavy (non-hydrogen) atoms. The van der Waals surface area contributed by atoms with Crippen molar-refractivity contribution < 1.29 is 18.9 Å². The Morgan fingerprint density at radius 3 is 1.18 bits per heavy atom. The summed E-state index contributed by atoms with van der Waals surface area (Å²) in [6, 6.07) is 23.8. The van der Waals surface area contributed by atoms with Crippen molar-refractivity contribution >= 4 is 46.2 Å². The molecule has 6 aromatic heterocycles. The average molecular weight is 728 g/mol. The number of hydrogen-bond acceptors (Lipinski definition) is 10. The van der Waals surface area contributed by atoms with Crippen LogP contribution in [-0.4, -0.2) is 62.5 Å². The van der Waals surface area contributed by atoms with Crippen LogP contribution in [0.4, 0.5) is 0 Å². The highest BCUT2D eigenvalue weighted by molar-refractivity contribution is 7.00. The Kier molecular flexibility index (Phi) is 5.73. The minimum atomic E-state index is -0.390. The van der Waals surface area contributed by atoms with Gasteiger partial charge in [0.05, 0.1) is 35.1 Å². The summed E-state index contributed by atoms with van der Waals surface area (Å²) in [6.45, 7) is -0.781. The zero-order valence-corrected chi connectivity index (χ0v) is 29.0. The van der Waals surface area contributed by atoms with Gasteiger partial charge in [0.1, 0.15) is 11.5 Å². The minimum Gasteiger partial charge on any atom is -0.454 e. The molecule has 0 atom stereocenters. The van der Waals surface area contributed by atoms with E-state index >= 15 is 0 Å². The molecule has 13 rings (SSSR count). The molecule has 4 aliphatic heterocycles. The molecule has 4 aliphatic rings. The molecular formula is C40H22B2N10O4. The van der Waals surface area contributed by atoms with Gasteiger partial charge in [-0.05, 0) is 94.6 Å². The Labute approximate surface area is 317 Å². The third-order valence-corrected chi connectivity index (χ3v) is 10.8. The zero-order chi connectivity index (χ0) is 36.5. The molecule has 0 amide bonds. The lowest BCUT2D eigenvalue weighted by molar-refractivity contribution is 0.388. The summed E-state index contributed by atoms with van der Waals surface area (Å²) in [5.74, 6) is 4.34. The fourth-order valence-electron chi connectivity index (χ4n) is 8.43. The third kappa shape index (κ3) is 4.06. The highest BCUT2D eigenvalue weighted by Crippen LogP contribution is 2.49. The maximum Gasteiger partial charge on any atom is 0.263 e. The van der Waals surface area contributed by atoms with E-state index in [4.69, 9.17) is 28.9 Å². The number of fused-ring (bicyclic) bond motifs is 10. The predicted octanol–water partition coefficient (Wildman–Crippen LogP) is 2.67. The van der Waals surface area contributed by atoms with Crippen LogP contribution < -0.4 is 51.7 Å². The van der Waals surface area contributed by atoms with E-state index in [1.165, 1.54) is 0 Å². The predicted molar refractivity (Wildman–Crippen MR) is 206 cm³/mol. The van der Waals surface area contributed by atoms with E-state index in [2.05, 4.69) is 44.7 Å². The summed E-state index contributed by atoms with van der Waals surface area (Å²) in [7, 11) is 0. The second kappa shape index (κ2) is 10.9. The lowest BCUT2D eigenvalue weighted by atomic mass is 9.32.